The second kappa shape index (κ2) is 15.0. The van der Waals surface area contributed by atoms with Crippen molar-refractivity contribution < 1.29 is 32.6 Å². The van der Waals surface area contributed by atoms with Gasteiger partial charge in [-0.25, -0.2) is 0 Å². The Kier molecular flexibility index (Phi) is 11.4. The van der Waals surface area contributed by atoms with E-state index in [-0.39, 0.29) is 18.0 Å². The number of aromatic nitrogens is 1. The number of hydrogen-bond donors (Lipinski definition) is 3. The number of alkyl halides is 3. The summed E-state index contributed by atoms with van der Waals surface area (Å²) in [6.45, 7) is 7.63. The van der Waals surface area contributed by atoms with E-state index in [1.165, 1.54) is 12.1 Å². The first-order chi connectivity index (χ1) is 20.6. The van der Waals surface area contributed by atoms with Crippen molar-refractivity contribution in [3.05, 3.63) is 59.4 Å². The van der Waals surface area contributed by atoms with Gasteiger partial charge in [0.2, 0.25) is 5.91 Å². The lowest BCUT2D eigenvalue weighted by Crippen LogP contribution is -2.40. The normalized spacial score (nSPS) is 22.5. The largest absolute Gasteiger partial charge is 0.416 e. The number of benzene rings is 1. The van der Waals surface area contributed by atoms with Crippen LogP contribution in [0.4, 0.5) is 18.9 Å². The van der Waals surface area contributed by atoms with Crippen LogP contribution >= 0.6 is 0 Å². The summed E-state index contributed by atoms with van der Waals surface area (Å²) in [5.74, 6) is -0.901. The van der Waals surface area contributed by atoms with E-state index in [2.05, 4.69) is 33.5 Å². The first kappa shape index (κ1) is 32.7. The topological polar surface area (TPSA) is 107 Å². The number of nitrogens with zero attached hydrogens (tertiary/aromatic N) is 3. The van der Waals surface area contributed by atoms with Crippen LogP contribution in [-0.2, 0) is 21.3 Å². The summed E-state index contributed by atoms with van der Waals surface area (Å²) in [7, 11) is 0. The Bertz CT molecular complexity index is 1190. The third-order valence-electron chi connectivity index (χ3n) is 8.22. The zero-order valence-electron chi connectivity index (χ0n) is 24.7. The molecule has 0 bridgehead atoms. The summed E-state index contributed by atoms with van der Waals surface area (Å²) in [4.78, 5) is 32.0. The number of hydrogen-bond acceptors (Lipinski definition) is 7. The van der Waals surface area contributed by atoms with Crippen molar-refractivity contribution >= 4 is 17.5 Å². The van der Waals surface area contributed by atoms with Crippen LogP contribution in [-0.4, -0.2) is 85.3 Å². The molecule has 2 aromatic rings. The van der Waals surface area contributed by atoms with Crippen molar-refractivity contribution in [1.82, 2.24) is 20.5 Å². The van der Waals surface area contributed by atoms with Crippen molar-refractivity contribution in [2.75, 3.05) is 57.4 Å². The minimum absolute atomic E-state index is 0.112. The van der Waals surface area contributed by atoms with Crippen molar-refractivity contribution in [3.8, 4) is 0 Å². The lowest BCUT2D eigenvalue weighted by atomic mass is 9.80. The number of amides is 2. The fourth-order valence-corrected chi connectivity index (χ4v) is 5.69. The molecule has 236 valence electrons. The minimum atomic E-state index is -4.50. The fourth-order valence-electron chi connectivity index (χ4n) is 5.69. The van der Waals surface area contributed by atoms with Crippen molar-refractivity contribution in [2.24, 2.45) is 0 Å². The van der Waals surface area contributed by atoms with Gasteiger partial charge in [-0.3, -0.25) is 14.6 Å². The van der Waals surface area contributed by atoms with E-state index in [0.717, 1.165) is 94.9 Å². The van der Waals surface area contributed by atoms with E-state index < -0.39 is 23.2 Å². The van der Waals surface area contributed by atoms with Gasteiger partial charge in [-0.1, -0.05) is 13.0 Å². The van der Waals surface area contributed by atoms with Crippen LogP contribution in [0.15, 0.2) is 42.6 Å². The third-order valence-corrected chi connectivity index (χ3v) is 8.22. The molecule has 3 fully saturated rings. The molecule has 2 saturated heterocycles. The molecular formula is C31H42F3N5O4. The van der Waals surface area contributed by atoms with Gasteiger partial charge in [0.15, 0.2) is 0 Å². The number of morpholine rings is 1. The summed E-state index contributed by atoms with van der Waals surface area (Å²) < 4.78 is 43.0. The fraction of sp³-hybridized carbons (Fsp3) is 0.581. The highest BCUT2D eigenvalue weighted by atomic mass is 19.4. The number of carbonyl (C=O) groups excluding carboxylic acids is 2. The Labute approximate surface area is 250 Å². The average Bonchev–Trinajstić information content (AvgIpc) is 3.57. The lowest BCUT2D eigenvalue weighted by Gasteiger charge is -2.36. The first-order valence-corrected chi connectivity index (χ1v) is 15.1. The van der Waals surface area contributed by atoms with Gasteiger partial charge in [0.1, 0.15) is 5.60 Å². The summed E-state index contributed by atoms with van der Waals surface area (Å²) >= 11 is 0. The molecule has 0 spiro atoms. The van der Waals surface area contributed by atoms with E-state index >= 15 is 0 Å². The molecule has 1 aromatic carbocycles. The van der Waals surface area contributed by atoms with E-state index in [9.17, 15) is 27.9 Å². The monoisotopic (exact) mass is 605 g/mol. The van der Waals surface area contributed by atoms with Gasteiger partial charge in [-0.15, -0.1) is 0 Å². The minimum Gasteiger partial charge on any atom is -0.384 e. The molecule has 0 radical (unpaired) electrons. The van der Waals surface area contributed by atoms with Crippen LogP contribution in [0.25, 0.3) is 0 Å². The Morgan fingerprint density at radius 3 is 2.37 bits per heavy atom. The maximum absolute atomic E-state index is 12.6. The molecule has 1 aromatic heterocycles. The molecule has 3 aliphatic rings. The predicted molar refractivity (Wildman–Crippen MR) is 157 cm³/mol. The van der Waals surface area contributed by atoms with Crippen LogP contribution in [0, 0.1) is 0 Å². The predicted octanol–water partition coefficient (Wildman–Crippen LogP) is 3.72. The van der Waals surface area contributed by atoms with Crippen molar-refractivity contribution in [3.63, 3.8) is 0 Å². The maximum Gasteiger partial charge on any atom is 0.416 e. The SMILES string of the molecule is CCNC1CCC(O)(c2ccc(N3CCOCC3)cn2)CC1.O=C(NCC(=O)N1CCCC1)c1cccc(C(F)(F)F)c1. The summed E-state index contributed by atoms with van der Waals surface area (Å²) in [5, 5.41) is 16.7. The van der Waals surface area contributed by atoms with Gasteiger partial charge in [0.05, 0.1) is 42.9 Å². The highest BCUT2D eigenvalue weighted by Gasteiger charge is 2.36. The van der Waals surface area contributed by atoms with Crippen molar-refractivity contribution in [2.45, 2.75) is 63.3 Å². The van der Waals surface area contributed by atoms with Gasteiger partial charge < -0.3 is 30.3 Å². The Morgan fingerprint density at radius 2 is 1.77 bits per heavy atom. The number of anilines is 1. The number of rotatable bonds is 7. The maximum atomic E-state index is 12.6. The summed E-state index contributed by atoms with van der Waals surface area (Å²) in [6, 6.07) is 8.74. The number of halogens is 3. The Morgan fingerprint density at radius 1 is 1.07 bits per heavy atom. The zero-order chi connectivity index (χ0) is 30.9. The van der Waals surface area contributed by atoms with E-state index in [1.54, 1.807) is 4.90 Å². The van der Waals surface area contributed by atoms with Gasteiger partial charge in [0.25, 0.3) is 5.91 Å². The number of nitrogens with one attached hydrogen (secondary N) is 2. The molecule has 1 saturated carbocycles. The third kappa shape index (κ3) is 9.14. The highest BCUT2D eigenvalue weighted by Crippen LogP contribution is 2.36. The molecule has 0 atom stereocenters. The van der Waals surface area contributed by atoms with Gasteiger partial charge in [0, 0.05) is 37.8 Å². The van der Waals surface area contributed by atoms with E-state index in [4.69, 9.17) is 4.74 Å². The Hall–Kier alpha value is -3.22. The highest BCUT2D eigenvalue weighted by molar-refractivity contribution is 5.96. The van der Waals surface area contributed by atoms with Gasteiger partial charge in [-0.05, 0) is 75.4 Å². The molecule has 0 unspecified atom stereocenters. The number of likely N-dealkylation sites (tertiary alicyclic amines) is 1. The molecule has 12 heteroatoms. The number of carbonyl (C=O) groups is 2. The van der Waals surface area contributed by atoms with Crippen LogP contribution in [0.3, 0.4) is 0 Å². The molecule has 9 nitrogen and oxygen atoms in total. The molecule has 2 aliphatic heterocycles. The molecular weight excluding hydrogens is 563 g/mol. The van der Waals surface area contributed by atoms with E-state index in [0.29, 0.717) is 19.1 Å². The average molecular weight is 606 g/mol. The van der Waals surface area contributed by atoms with Crippen LogP contribution in [0.2, 0.25) is 0 Å². The quantitative estimate of drug-likeness (QED) is 0.442. The van der Waals surface area contributed by atoms with Crippen LogP contribution in [0.5, 0.6) is 0 Å². The summed E-state index contributed by atoms with van der Waals surface area (Å²) in [5.41, 5.74) is 0.187. The number of ether oxygens (including phenoxy) is 1. The number of pyridine rings is 1. The van der Waals surface area contributed by atoms with Crippen LogP contribution < -0.4 is 15.5 Å². The molecule has 3 heterocycles. The van der Waals surface area contributed by atoms with Crippen LogP contribution in [0.1, 0.15) is 67.1 Å². The lowest BCUT2D eigenvalue weighted by molar-refractivity contribution is -0.137. The first-order valence-electron chi connectivity index (χ1n) is 15.1. The molecule has 3 N–H and O–H groups in total. The number of aliphatic hydroxyl groups is 1. The summed E-state index contributed by atoms with van der Waals surface area (Å²) in [6.07, 6.45) is 2.87. The van der Waals surface area contributed by atoms with Gasteiger partial charge in [-0.2, -0.15) is 13.2 Å². The molecule has 1 aliphatic carbocycles. The molecule has 2 amide bonds. The zero-order valence-corrected chi connectivity index (χ0v) is 24.7. The van der Waals surface area contributed by atoms with E-state index in [1.807, 2.05) is 12.3 Å². The molecule has 5 rings (SSSR count). The van der Waals surface area contributed by atoms with Crippen molar-refractivity contribution in [1.29, 1.82) is 0 Å². The van der Waals surface area contributed by atoms with Gasteiger partial charge >= 0.3 is 6.18 Å². The Balaban J connectivity index is 0.000000197. The standard InChI is InChI=1S/C17H27N3O2.C14H15F3N2O2/c1-2-18-14-5-7-17(21,8-6-14)16-4-3-15(13-19-16)20-9-11-22-12-10-20;15-14(16,17)11-5-3-4-10(8-11)13(21)18-9-12(20)19-6-1-2-7-19/h3-4,13-14,18,21H,2,5-12H2,1H3;3-5,8H,1-2,6-7,9H2,(H,18,21). The second-order valence-electron chi connectivity index (χ2n) is 11.2. The second-order valence-corrected chi connectivity index (χ2v) is 11.2. The smallest absolute Gasteiger partial charge is 0.384 e. The molecule has 43 heavy (non-hydrogen) atoms.